The SMILES string of the molecule is Cc1ccn(C)c(=O)c1NC(=O)[C@@H]1CNC[C@H]1C(F)(F)F.Cl. The number of aromatic nitrogens is 1. The Balaban J connectivity index is 0.00000242. The summed E-state index contributed by atoms with van der Waals surface area (Å²) in [6.07, 6.45) is -2.91. The Morgan fingerprint density at radius 3 is 2.64 bits per heavy atom. The monoisotopic (exact) mass is 339 g/mol. The van der Waals surface area contributed by atoms with Gasteiger partial charge in [-0.05, 0) is 18.6 Å². The molecular formula is C13H17ClF3N3O2. The number of carbonyl (C=O) groups is 1. The van der Waals surface area contributed by atoms with Crippen molar-refractivity contribution in [2.45, 2.75) is 13.1 Å². The highest BCUT2D eigenvalue weighted by molar-refractivity contribution is 5.93. The number of pyridine rings is 1. The van der Waals surface area contributed by atoms with E-state index in [1.807, 2.05) is 0 Å². The lowest BCUT2D eigenvalue weighted by atomic mass is 9.94. The molecule has 5 nitrogen and oxygen atoms in total. The van der Waals surface area contributed by atoms with E-state index in [4.69, 9.17) is 0 Å². The molecule has 1 aromatic rings. The number of nitrogens with zero attached hydrogens (tertiary/aromatic N) is 1. The van der Waals surface area contributed by atoms with E-state index in [1.54, 1.807) is 13.0 Å². The Hall–Kier alpha value is -1.54. The van der Waals surface area contributed by atoms with Crippen molar-refractivity contribution >= 4 is 24.0 Å². The molecular weight excluding hydrogens is 323 g/mol. The van der Waals surface area contributed by atoms with Crippen molar-refractivity contribution in [2.24, 2.45) is 18.9 Å². The van der Waals surface area contributed by atoms with Gasteiger partial charge in [0, 0.05) is 26.3 Å². The molecule has 22 heavy (non-hydrogen) atoms. The number of amides is 1. The predicted octanol–water partition coefficient (Wildman–Crippen LogP) is 1.45. The molecule has 0 aromatic carbocycles. The maximum absolute atomic E-state index is 12.8. The Morgan fingerprint density at radius 2 is 2.05 bits per heavy atom. The molecule has 2 N–H and O–H groups in total. The molecule has 1 fully saturated rings. The van der Waals surface area contributed by atoms with Gasteiger partial charge in [0.2, 0.25) is 5.91 Å². The highest BCUT2D eigenvalue weighted by Crippen LogP contribution is 2.34. The van der Waals surface area contributed by atoms with Gasteiger partial charge in [-0.3, -0.25) is 9.59 Å². The van der Waals surface area contributed by atoms with Crippen molar-refractivity contribution in [1.29, 1.82) is 0 Å². The molecule has 2 atom stereocenters. The van der Waals surface area contributed by atoms with Gasteiger partial charge >= 0.3 is 6.18 Å². The summed E-state index contributed by atoms with van der Waals surface area (Å²) in [6.45, 7) is 1.28. The van der Waals surface area contributed by atoms with Gasteiger partial charge in [0.1, 0.15) is 5.69 Å². The summed E-state index contributed by atoms with van der Waals surface area (Å²) in [5.41, 5.74) is 0.0941. The molecule has 1 aliphatic rings. The van der Waals surface area contributed by atoms with Crippen LogP contribution in [0, 0.1) is 18.8 Å². The quantitative estimate of drug-likeness (QED) is 0.857. The maximum Gasteiger partial charge on any atom is 0.393 e. The average Bonchev–Trinajstić information content (AvgIpc) is 2.88. The van der Waals surface area contributed by atoms with E-state index >= 15 is 0 Å². The molecule has 2 heterocycles. The van der Waals surface area contributed by atoms with Gasteiger partial charge in [-0.1, -0.05) is 0 Å². The summed E-state index contributed by atoms with van der Waals surface area (Å²) in [7, 11) is 1.51. The Bertz CT molecular complexity index is 616. The Labute approximate surface area is 131 Å². The first-order valence-corrected chi connectivity index (χ1v) is 6.46. The van der Waals surface area contributed by atoms with E-state index in [1.165, 1.54) is 17.8 Å². The molecule has 124 valence electrons. The van der Waals surface area contributed by atoms with Gasteiger partial charge in [-0.2, -0.15) is 13.2 Å². The maximum atomic E-state index is 12.8. The second-order valence-corrected chi connectivity index (χ2v) is 5.19. The second kappa shape index (κ2) is 6.70. The van der Waals surface area contributed by atoms with Crippen LogP contribution in [-0.4, -0.2) is 29.7 Å². The van der Waals surface area contributed by atoms with Crippen molar-refractivity contribution in [3.63, 3.8) is 0 Å². The topological polar surface area (TPSA) is 63.1 Å². The van der Waals surface area contributed by atoms with E-state index in [9.17, 15) is 22.8 Å². The fourth-order valence-electron chi connectivity index (χ4n) is 2.39. The van der Waals surface area contributed by atoms with Crippen molar-refractivity contribution < 1.29 is 18.0 Å². The van der Waals surface area contributed by atoms with Gasteiger partial charge < -0.3 is 15.2 Å². The van der Waals surface area contributed by atoms with E-state index in [2.05, 4.69) is 10.6 Å². The lowest BCUT2D eigenvalue weighted by molar-refractivity contribution is -0.181. The van der Waals surface area contributed by atoms with Crippen molar-refractivity contribution in [3.05, 3.63) is 28.2 Å². The molecule has 0 radical (unpaired) electrons. The Morgan fingerprint density at radius 1 is 1.41 bits per heavy atom. The smallest absolute Gasteiger partial charge is 0.321 e. The van der Waals surface area contributed by atoms with Gasteiger partial charge in [0.05, 0.1) is 11.8 Å². The van der Waals surface area contributed by atoms with Crippen molar-refractivity contribution in [3.8, 4) is 0 Å². The normalized spacial score (nSPS) is 21.3. The van der Waals surface area contributed by atoms with Crippen LogP contribution in [0.2, 0.25) is 0 Å². The number of hydrogen-bond acceptors (Lipinski definition) is 3. The van der Waals surface area contributed by atoms with Crippen LogP contribution >= 0.6 is 12.4 Å². The van der Waals surface area contributed by atoms with Crippen LogP contribution in [0.25, 0.3) is 0 Å². The zero-order valence-electron chi connectivity index (χ0n) is 12.0. The summed E-state index contributed by atoms with van der Waals surface area (Å²) >= 11 is 0. The number of alkyl halides is 3. The summed E-state index contributed by atoms with van der Waals surface area (Å²) in [6, 6.07) is 1.62. The third-order valence-electron chi connectivity index (χ3n) is 3.70. The van der Waals surface area contributed by atoms with Crippen LogP contribution in [-0.2, 0) is 11.8 Å². The third-order valence-corrected chi connectivity index (χ3v) is 3.70. The van der Waals surface area contributed by atoms with Crippen LogP contribution in [0.3, 0.4) is 0 Å². The Kier molecular flexibility index (Phi) is 5.64. The van der Waals surface area contributed by atoms with Crippen LogP contribution in [0.15, 0.2) is 17.1 Å². The first-order chi connectivity index (χ1) is 9.71. The molecule has 0 aliphatic carbocycles. The zero-order valence-corrected chi connectivity index (χ0v) is 12.8. The number of halogens is 4. The van der Waals surface area contributed by atoms with Crippen LogP contribution in [0.4, 0.5) is 18.9 Å². The van der Waals surface area contributed by atoms with Gasteiger partial charge in [-0.15, -0.1) is 12.4 Å². The van der Waals surface area contributed by atoms with E-state index < -0.39 is 29.5 Å². The molecule has 1 saturated heterocycles. The van der Waals surface area contributed by atoms with Gasteiger partial charge in [0.25, 0.3) is 5.56 Å². The highest BCUT2D eigenvalue weighted by atomic mass is 35.5. The van der Waals surface area contributed by atoms with Crippen molar-refractivity contribution in [2.75, 3.05) is 18.4 Å². The number of carbonyl (C=O) groups excluding carboxylic acids is 1. The highest BCUT2D eigenvalue weighted by Gasteiger charge is 2.49. The summed E-state index contributed by atoms with van der Waals surface area (Å²) < 4.78 is 39.8. The summed E-state index contributed by atoms with van der Waals surface area (Å²) in [4.78, 5) is 24.0. The molecule has 0 unspecified atom stereocenters. The molecule has 9 heteroatoms. The molecule has 1 aliphatic heterocycles. The van der Waals surface area contributed by atoms with E-state index in [0.717, 1.165) is 0 Å². The average molecular weight is 340 g/mol. The lowest BCUT2D eigenvalue weighted by Gasteiger charge is -2.21. The molecule has 1 aromatic heterocycles. The minimum absolute atomic E-state index is 0. The van der Waals surface area contributed by atoms with Crippen LogP contribution in [0.5, 0.6) is 0 Å². The number of aryl methyl sites for hydroxylation is 2. The molecule has 2 rings (SSSR count). The molecule has 0 saturated carbocycles. The van der Waals surface area contributed by atoms with Crippen LogP contribution in [0.1, 0.15) is 5.56 Å². The van der Waals surface area contributed by atoms with Crippen molar-refractivity contribution in [1.82, 2.24) is 9.88 Å². The lowest BCUT2D eigenvalue weighted by Crippen LogP contribution is -2.38. The first-order valence-electron chi connectivity index (χ1n) is 6.46. The van der Waals surface area contributed by atoms with Gasteiger partial charge in [-0.25, -0.2) is 0 Å². The number of anilines is 1. The third kappa shape index (κ3) is 3.61. The minimum Gasteiger partial charge on any atom is -0.321 e. The fourth-order valence-corrected chi connectivity index (χ4v) is 2.39. The number of nitrogens with one attached hydrogen (secondary N) is 2. The van der Waals surface area contributed by atoms with Gasteiger partial charge in [0.15, 0.2) is 0 Å². The van der Waals surface area contributed by atoms with E-state index in [0.29, 0.717) is 5.56 Å². The first kappa shape index (κ1) is 18.5. The largest absolute Gasteiger partial charge is 0.393 e. The molecule has 0 bridgehead atoms. The molecule has 1 amide bonds. The predicted molar refractivity (Wildman–Crippen MR) is 78.2 cm³/mol. The second-order valence-electron chi connectivity index (χ2n) is 5.19. The van der Waals surface area contributed by atoms with E-state index in [-0.39, 0.29) is 31.2 Å². The van der Waals surface area contributed by atoms with Crippen LogP contribution < -0.4 is 16.2 Å². The summed E-state index contributed by atoms with van der Waals surface area (Å²) in [5.74, 6) is -3.74. The zero-order chi connectivity index (χ0) is 15.8. The molecule has 0 spiro atoms. The number of rotatable bonds is 2. The number of hydrogen-bond donors (Lipinski definition) is 2. The minimum atomic E-state index is -4.44. The fraction of sp³-hybridized carbons (Fsp3) is 0.538. The summed E-state index contributed by atoms with van der Waals surface area (Å²) in [5, 5.41) is 4.92. The standard InChI is InChI=1S/C13H16F3N3O2.ClH/c1-7-3-4-19(2)12(21)10(7)18-11(20)8-5-17-6-9(8)13(14,15)16;/h3-4,8-9,17H,5-6H2,1-2H3,(H,18,20);1H/t8-,9-;/m1./s1.